The van der Waals surface area contributed by atoms with Gasteiger partial charge in [0, 0.05) is 12.2 Å². The summed E-state index contributed by atoms with van der Waals surface area (Å²) in [6, 6.07) is 5.51. The molecule has 0 fully saturated rings. The average Bonchev–Trinajstić information content (AvgIpc) is 2.66. The minimum atomic E-state index is -0.715. The van der Waals surface area contributed by atoms with Crippen LogP contribution in [0, 0.1) is 0 Å². The Balaban J connectivity index is 2.66. The summed E-state index contributed by atoms with van der Waals surface area (Å²) in [4.78, 5) is 4.49. The summed E-state index contributed by atoms with van der Waals surface area (Å²) in [5.41, 5.74) is 8.34. The third-order valence-electron chi connectivity index (χ3n) is 2.92. The van der Waals surface area contributed by atoms with E-state index in [1.807, 2.05) is 28.8 Å². The van der Waals surface area contributed by atoms with Crippen molar-refractivity contribution in [3.05, 3.63) is 35.8 Å². The fraction of sp³-hybridized carbons (Fsp3) is 0.462. The number of fused-ring (bicyclic) bond motifs is 1. The van der Waals surface area contributed by atoms with Gasteiger partial charge in [-0.2, -0.15) is 0 Å². The monoisotopic (exact) mass is 233 g/mol. The first-order valence-corrected chi connectivity index (χ1v) is 5.93. The van der Waals surface area contributed by atoms with Gasteiger partial charge in [-0.1, -0.05) is 19.9 Å². The third-order valence-corrected chi connectivity index (χ3v) is 2.92. The summed E-state index contributed by atoms with van der Waals surface area (Å²) in [7, 11) is 0. The van der Waals surface area contributed by atoms with Crippen molar-refractivity contribution in [2.75, 3.05) is 0 Å². The maximum atomic E-state index is 10.1. The van der Waals surface area contributed by atoms with Crippen LogP contribution in [-0.2, 0) is 0 Å². The molecular weight excluding hydrogens is 214 g/mol. The van der Waals surface area contributed by atoms with Crippen LogP contribution in [0.15, 0.2) is 24.4 Å². The summed E-state index contributed by atoms with van der Waals surface area (Å²) in [5, 5.41) is 10.1. The summed E-state index contributed by atoms with van der Waals surface area (Å²) in [6.45, 7) is 5.97. The molecule has 4 nitrogen and oxygen atoms in total. The van der Waals surface area contributed by atoms with Crippen molar-refractivity contribution in [3.63, 3.8) is 0 Å². The van der Waals surface area contributed by atoms with Crippen LogP contribution in [-0.4, -0.2) is 20.5 Å². The van der Waals surface area contributed by atoms with Gasteiger partial charge in [0.2, 0.25) is 0 Å². The van der Waals surface area contributed by atoms with Crippen LogP contribution in [0.2, 0.25) is 0 Å². The summed E-state index contributed by atoms with van der Waals surface area (Å²) >= 11 is 0. The van der Waals surface area contributed by atoms with Crippen molar-refractivity contribution in [2.45, 2.75) is 38.8 Å². The van der Waals surface area contributed by atoms with E-state index in [4.69, 9.17) is 5.73 Å². The van der Waals surface area contributed by atoms with E-state index < -0.39 is 6.10 Å². The second-order valence-electron chi connectivity index (χ2n) is 4.77. The number of aliphatic hydroxyl groups is 1. The van der Waals surface area contributed by atoms with Crippen LogP contribution in [0.5, 0.6) is 0 Å². The Labute approximate surface area is 101 Å². The van der Waals surface area contributed by atoms with Crippen molar-refractivity contribution < 1.29 is 5.11 Å². The molecule has 0 amide bonds. The Morgan fingerprint density at radius 3 is 2.59 bits per heavy atom. The highest BCUT2D eigenvalue weighted by atomic mass is 16.3. The number of aromatic nitrogens is 2. The van der Waals surface area contributed by atoms with Gasteiger partial charge in [-0.3, -0.25) is 0 Å². The number of nitrogens with two attached hydrogens (primary N) is 1. The van der Waals surface area contributed by atoms with Gasteiger partial charge < -0.3 is 15.2 Å². The highest BCUT2D eigenvalue weighted by molar-refractivity contribution is 5.44. The molecule has 2 heterocycles. The summed E-state index contributed by atoms with van der Waals surface area (Å²) in [6.07, 6.45) is 1.25. The number of pyridine rings is 1. The van der Waals surface area contributed by atoms with Crippen LogP contribution >= 0.6 is 0 Å². The normalized spacial score (nSPS) is 15.4. The van der Waals surface area contributed by atoms with E-state index in [0.29, 0.717) is 5.69 Å². The Bertz CT molecular complexity index is 516. The van der Waals surface area contributed by atoms with Crippen molar-refractivity contribution in [2.24, 2.45) is 5.73 Å². The maximum absolute atomic E-state index is 10.1. The zero-order valence-corrected chi connectivity index (χ0v) is 10.5. The molecule has 3 N–H and O–H groups in total. The maximum Gasteiger partial charge on any atom is 0.137 e. The van der Waals surface area contributed by atoms with Crippen molar-refractivity contribution >= 4 is 5.65 Å². The van der Waals surface area contributed by atoms with Crippen molar-refractivity contribution in [1.29, 1.82) is 0 Å². The lowest BCUT2D eigenvalue weighted by Crippen LogP contribution is -2.25. The van der Waals surface area contributed by atoms with Gasteiger partial charge in [-0.05, 0) is 25.0 Å². The first-order valence-electron chi connectivity index (χ1n) is 5.93. The molecule has 2 atom stereocenters. The number of imidazole rings is 1. The molecular formula is C13H19N3O. The molecule has 2 aromatic rings. The molecule has 2 aromatic heterocycles. The van der Waals surface area contributed by atoms with Crippen molar-refractivity contribution in [3.8, 4) is 0 Å². The Hall–Kier alpha value is -1.39. The van der Waals surface area contributed by atoms with E-state index in [0.717, 1.165) is 11.3 Å². The fourth-order valence-corrected chi connectivity index (χ4v) is 2.07. The highest BCUT2D eigenvalue weighted by Gasteiger charge is 2.23. The first-order chi connectivity index (χ1) is 8.02. The van der Waals surface area contributed by atoms with Gasteiger partial charge in [0.25, 0.3) is 0 Å². The zero-order valence-electron chi connectivity index (χ0n) is 10.5. The molecule has 2 unspecified atom stereocenters. The Morgan fingerprint density at radius 2 is 2.00 bits per heavy atom. The summed E-state index contributed by atoms with van der Waals surface area (Å²) in [5.74, 6) is 0.288. The predicted octanol–water partition coefficient (Wildman–Crippen LogP) is 1.84. The smallest absolute Gasteiger partial charge is 0.137 e. The Kier molecular flexibility index (Phi) is 3.17. The lowest BCUT2D eigenvalue weighted by atomic mass is 10.0. The molecule has 0 aromatic carbocycles. The third kappa shape index (κ3) is 2.06. The van der Waals surface area contributed by atoms with E-state index in [9.17, 15) is 5.11 Å². The van der Waals surface area contributed by atoms with Crippen LogP contribution < -0.4 is 5.73 Å². The SMILES string of the molecule is CC(C)c1c(C(O)C(C)N)nc2ccccn12. The van der Waals surface area contributed by atoms with Crippen molar-refractivity contribution in [1.82, 2.24) is 9.38 Å². The number of hydrogen-bond acceptors (Lipinski definition) is 3. The topological polar surface area (TPSA) is 63.5 Å². The molecule has 0 aliphatic heterocycles. The van der Waals surface area contributed by atoms with Gasteiger partial charge in [-0.25, -0.2) is 4.98 Å². The average molecular weight is 233 g/mol. The van der Waals surface area contributed by atoms with E-state index in [-0.39, 0.29) is 12.0 Å². The molecule has 0 bridgehead atoms. The molecule has 0 aliphatic rings. The number of hydrogen-bond donors (Lipinski definition) is 2. The zero-order chi connectivity index (χ0) is 12.6. The molecule has 0 radical (unpaired) electrons. The summed E-state index contributed by atoms with van der Waals surface area (Å²) < 4.78 is 2.02. The van der Waals surface area contributed by atoms with Gasteiger partial charge in [-0.15, -0.1) is 0 Å². The van der Waals surface area contributed by atoms with E-state index in [1.54, 1.807) is 6.92 Å². The van der Waals surface area contributed by atoms with Gasteiger partial charge >= 0.3 is 0 Å². The molecule has 4 heteroatoms. The fourth-order valence-electron chi connectivity index (χ4n) is 2.07. The molecule has 0 spiro atoms. The van der Waals surface area contributed by atoms with Crippen LogP contribution in [0.25, 0.3) is 5.65 Å². The number of nitrogens with zero attached hydrogens (tertiary/aromatic N) is 2. The molecule has 0 saturated heterocycles. The quantitative estimate of drug-likeness (QED) is 0.850. The van der Waals surface area contributed by atoms with E-state index in [2.05, 4.69) is 18.8 Å². The first kappa shape index (κ1) is 12.1. The van der Waals surface area contributed by atoms with E-state index >= 15 is 0 Å². The molecule has 2 rings (SSSR count). The molecule has 0 aliphatic carbocycles. The van der Waals surface area contributed by atoms with E-state index in [1.165, 1.54) is 0 Å². The van der Waals surface area contributed by atoms with Gasteiger partial charge in [0.1, 0.15) is 11.8 Å². The minimum Gasteiger partial charge on any atom is -0.385 e. The van der Waals surface area contributed by atoms with Gasteiger partial charge in [0.05, 0.1) is 11.4 Å². The Morgan fingerprint density at radius 1 is 1.29 bits per heavy atom. The van der Waals surface area contributed by atoms with Crippen LogP contribution in [0.4, 0.5) is 0 Å². The number of aliphatic hydroxyl groups excluding tert-OH is 1. The van der Waals surface area contributed by atoms with Gasteiger partial charge in [0.15, 0.2) is 0 Å². The second kappa shape index (κ2) is 4.47. The highest BCUT2D eigenvalue weighted by Crippen LogP contribution is 2.27. The minimum absolute atomic E-state index is 0.288. The second-order valence-corrected chi connectivity index (χ2v) is 4.77. The number of rotatable bonds is 3. The molecule has 0 saturated carbocycles. The van der Waals surface area contributed by atoms with Crippen LogP contribution in [0.1, 0.15) is 44.2 Å². The lowest BCUT2D eigenvalue weighted by Gasteiger charge is -2.16. The largest absolute Gasteiger partial charge is 0.385 e. The predicted molar refractivity (Wildman–Crippen MR) is 67.9 cm³/mol. The van der Waals surface area contributed by atoms with Crippen LogP contribution in [0.3, 0.4) is 0 Å². The standard InChI is InChI=1S/C13H19N3O/c1-8(2)12-11(13(17)9(3)14)15-10-6-4-5-7-16(10)12/h4-9,13,17H,14H2,1-3H3. The molecule has 17 heavy (non-hydrogen) atoms. The lowest BCUT2D eigenvalue weighted by molar-refractivity contribution is 0.148. The molecule has 92 valence electrons.